The van der Waals surface area contributed by atoms with Gasteiger partial charge >= 0.3 is 0 Å². The van der Waals surface area contributed by atoms with Gasteiger partial charge < -0.3 is 9.84 Å². The molecule has 1 heterocycles. The normalized spacial score (nSPS) is 20.6. The fourth-order valence-corrected chi connectivity index (χ4v) is 7.33. The second-order valence-electron chi connectivity index (χ2n) is 7.85. The molecule has 1 aliphatic rings. The summed E-state index contributed by atoms with van der Waals surface area (Å²) in [6.45, 7) is 15.5. The van der Waals surface area contributed by atoms with Crippen LogP contribution in [0.3, 0.4) is 0 Å². The van der Waals surface area contributed by atoms with Crippen molar-refractivity contribution in [2.45, 2.75) is 73.3 Å². The van der Waals surface area contributed by atoms with E-state index in [1.807, 2.05) is 13.8 Å². The Labute approximate surface area is 149 Å². The molecule has 1 atom stereocenters. The van der Waals surface area contributed by atoms with E-state index in [4.69, 9.17) is 4.74 Å². The zero-order valence-corrected chi connectivity index (χ0v) is 17.6. The van der Waals surface area contributed by atoms with Crippen molar-refractivity contribution in [3.63, 3.8) is 0 Å². The molecule has 0 bridgehead atoms. The third kappa shape index (κ3) is 3.45. The molecule has 1 aromatic carbocycles. The van der Waals surface area contributed by atoms with Crippen molar-refractivity contribution in [2.24, 2.45) is 0 Å². The lowest BCUT2D eigenvalue weighted by atomic mass is 9.86. The summed E-state index contributed by atoms with van der Waals surface area (Å²) in [5.74, 6) is 1.50. The van der Waals surface area contributed by atoms with Crippen LogP contribution in [0.2, 0.25) is 0 Å². The lowest BCUT2D eigenvalue weighted by Crippen LogP contribution is -2.38. The summed E-state index contributed by atoms with van der Waals surface area (Å²) >= 11 is 0. The predicted octanol–water partition coefficient (Wildman–Crippen LogP) is 5.87. The molecule has 3 heteroatoms. The molecule has 0 saturated heterocycles. The number of ether oxygens (including phenoxy) is 1. The van der Waals surface area contributed by atoms with Crippen LogP contribution in [-0.4, -0.2) is 35.4 Å². The van der Waals surface area contributed by atoms with E-state index in [1.54, 1.807) is 0 Å². The van der Waals surface area contributed by atoms with E-state index in [2.05, 4.69) is 34.6 Å². The number of hydrogen-bond donors (Lipinski definition) is 1. The Bertz CT molecular complexity index is 596. The van der Waals surface area contributed by atoms with Gasteiger partial charge in [0.2, 0.25) is 0 Å². The Kier molecular flexibility index (Phi) is 5.91. The highest BCUT2D eigenvalue weighted by atomic mass is 31.2. The summed E-state index contributed by atoms with van der Waals surface area (Å²) in [5, 5.41) is 10.3. The molecule has 1 aromatic rings. The van der Waals surface area contributed by atoms with Gasteiger partial charge in [-0.2, -0.15) is 0 Å². The van der Waals surface area contributed by atoms with Crippen LogP contribution in [0.25, 0.3) is 0 Å². The van der Waals surface area contributed by atoms with Crippen molar-refractivity contribution in [2.75, 3.05) is 24.6 Å². The molecule has 24 heavy (non-hydrogen) atoms. The fraction of sp³-hybridized carbons (Fsp3) is 0.714. The van der Waals surface area contributed by atoms with Gasteiger partial charge in [0.05, 0.1) is 24.6 Å². The predicted molar refractivity (Wildman–Crippen MR) is 108 cm³/mol. The van der Waals surface area contributed by atoms with Gasteiger partial charge in [-0.15, -0.1) is 0 Å². The van der Waals surface area contributed by atoms with Crippen LogP contribution >= 0.6 is 7.26 Å². The average molecular weight is 351 g/mol. The highest BCUT2D eigenvalue weighted by Gasteiger charge is 2.39. The standard InChI is InChI=1S/C21H35O2P/c1-8-24(9-2,10-3)14-13-21(7)12-11-18-17(6)19(22)15(4)16(5)20(18)23-21/h8-14H2,1-7H3/p+1. The molecule has 0 aliphatic carbocycles. The summed E-state index contributed by atoms with van der Waals surface area (Å²) in [5.41, 5.74) is 4.25. The minimum Gasteiger partial charge on any atom is -0.507 e. The minimum absolute atomic E-state index is 0.0572. The van der Waals surface area contributed by atoms with E-state index in [0.717, 1.165) is 41.7 Å². The van der Waals surface area contributed by atoms with Crippen molar-refractivity contribution in [3.8, 4) is 11.5 Å². The van der Waals surface area contributed by atoms with Crippen LogP contribution in [-0.2, 0) is 6.42 Å². The monoisotopic (exact) mass is 351 g/mol. The minimum atomic E-state index is -0.791. The highest BCUT2D eigenvalue weighted by molar-refractivity contribution is 7.75. The highest BCUT2D eigenvalue weighted by Crippen LogP contribution is 2.59. The van der Waals surface area contributed by atoms with Gasteiger partial charge in [0.1, 0.15) is 17.1 Å². The number of fused-ring (bicyclic) bond motifs is 1. The van der Waals surface area contributed by atoms with Crippen molar-refractivity contribution in [1.82, 2.24) is 0 Å². The van der Waals surface area contributed by atoms with Gasteiger partial charge in [-0.1, -0.05) is 0 Å². The molecule has 1 N–H and O–H groups in total. The summed E-state index contributed by atoms with van der Waals surface area (Å²) in [6.07, 6.45) is 8.65. The maximum absolute atomic E-state index is 10.3. The summed E-state index contributed by atoms with van der Waals surface area (Å²) in [6, 6.07) is 0. The third-order valence-electron chi connectivity index (χ3n) is 6.72. The largest absolute Gasteiger partial charge is 0.507 e. The van der Waals surface area contributed by atoms with E-state index in [-0.39, 0.29) is 5.60 Å². The molecule has 0 fully saturated rings. The smallest absolute Gasteiger partial charge is 0.127 e. The van der Waals surface area contributed by atoms with E-state index < -0.39 is 7.26 Å². The Morgan fingerprint density at radius 1 is 1.00 bits per heavy atom. The van der Waals surface area contributed by atoms with Crippen molar-refractivity contribution in [1.29, 1.82) is 0 Å². The molecule has 2 rings (SSSR count). The van der Waals surface area contributed by atoms with Gasteiger partial charge in [-0.05, 0) is 78.0 Å². The second kappa shape index (κ2) is 7.24. The lowest BCUT2D eigenvalue weighted by Gasteiger charge is -2.39. The van der Waals surface area contributed by atoms with E-state index in [0.29, 0.717) is 5.75 Å². The second-order valence-corrected chi connectivity index (χ2v) is 12.9. The number of hydrogen-bond acceptors (Lipinski definition) is 2. The van der Waals surface area contributed by atoms with Crippen LogP contribution in [0.1, 0.15) is 62.8 Å². The Morgan fingerprint density at radius 2 is 1.58 bits per heavy atom. The Hall–Kier alpha value is -0.750. The molecule has 1 aliphatic heterocycles. The van der Waals surface area contributed by atoms with Gasteiger partial charge in [-0.3, -0.25) is 0 Å². The van der Waals surface area contributed by atoms with Crippen molar-refractivity contribution >= 4 is 7.26 Å². The molecule has 136 valence electrons. The number of aromatic hydroxyl groups is 1. The topological polar surface area (TPSA) is 29.5 Å². The van der Waals surface area contributed by atoms with E-state index in [9.17, 15) is 5.11 Å². The number of benzene rings is 1. The molecule has 0 aromatic heterocycles. The molecule has 0 saturated carbocycles. The SMILES string of the molecule is CC[P+](CC)(CC)CCC1(C)CCc2c(C)c(O)c(C)c(C)c2O1. The molecule has 1 unspecified atom stereocenters. The number of rotatable bonds is 6. The first-order valence-corrected chi connectivity index (χ1v) is 12.1. The van der Waals surface area contributed by atoms with Gasteiger partial charge in [0, 0.05) is 19.2 Å². The maximum atomic E-state index is 10.3. The third-order valence-corrected chi connectivity index (χ3v) is 11.9. The molecular weight excluding hydrogens is 315 g/mol. The van der Waals surface area contributed by atoms with Gasteiger partial charge in [0.25, 0.3) is 0 Å². The molecule has 0 spiro atoms. The molecule has 0 amide bonds. The van der Waals surface area contributed by atoms with Crippen molar-refractivity contribution in [3.05, 3.63) is 22.3 Å². The summed E-state index contributed by atoms with van der Waals surface area (Å²) in [7, 11) is -0.791. The Morgan fingerprint density at radius 3 is 2.12 bits per heavy atom. The first-order chi connectivity index (χ1) is 11.2. The average Bonchev–Trinajstić information content (AvgIpc) is 2.60. The number of phenolic OH excluding ortho intramolecular Hbond substituents is 1. The summed E-state index contributed by atoms with van der Waals surface area (Å²) < 4.78 is 6.60. The molecule has 2 nitrogen and oxygen atoms in total. The summed E-state index contributed by atoms with van der Waals surface area (Å²) in [4.78, 5) is 0. The van der Waals surface area contributed by atoms with Crippen molar-refractivity contribution < 1.29 is 9.84 Å². The zero-order valence-electron chi connectivity index (χ0n) is 16.8. The Balaban J connectivity index is 2.25. The maximum Gasteiger partial charge on any atom is 0.127 e. The van der Waals surface area contributed by atoms with Crippen LogP contribution in [0.4, 0.5) is 0 Å². The first kappa shape index (κ1) is 19.6. The first-order valence-electron chi connectivity index (χ1n) is 9.58. The van der Waals surface area contributed by atoms with Gasteiger partial charge in [-0.25, -0.2) is 0 Å². The van der Waals surface area contributed by atoms with Gasteiger partial charge in [0.15, 0.2) is 0 Å². The van der Waals surface area contributed by atoms with Crippen LogP contribution in [0.5, 0.6) is 11.5 Å². The fourth-order valence-electron chi connectivity index (χ4n) is 4.09. The van der Waals surface area contributed by atoms with Crippen LogP contribution in [0.15, 0.2) is 0 Å². The van der Waals surface area contributed by atoms with Crippen LogP contribution in [0, 0.1) is 20.8 Å². The van der Waals surface area contributed by atoms with Crippen LogP contribution < -0.4 is 4.74 Å². The lowest BCUT2D eigenvalue weighted by molar-refractivity contribution is 0.0606. The van der Waals surface area contributed by atoms with E-state index >= 15 is 0 Å². The zero-order chi connectivity index (χ0) is 18.1. The molecule has 0 radical (unpaired) electrons. The number of phenols is 1. The molecular formula is C21H36O2P+. The van der Waals surface area contributed by atoms with E-state index in [1.165, 1.54) is 30.2 Å². The quantitative estimate of drug-likeness (QED) is 0.650.